The first-order valence-electron chi connectivity index (χ1n) is 10.0. The molecule has 3 heterocycles. The van der Waals surface area contributed by atoms with E-state index in [2.05, 4.69) is 57.0 Å². The molecule has 7 rings (SSSR count). The van der Waals surface area contributed by atoms with Gasteiger partial charge in [0.25, 0.3) is 0 Å². The van der Waals surface area contributed by atoms with Crippen molar-refractivity contribution in [2.24, 2.45) is 10.9 Å². The van der Waals surface area contributed by atoms with Gasteiger partial charge in [0.15, 0.2) is 12.2 Å². The summed E-state index contributed by atoms with van der Waals surface area (Å²) in [6.45, 7) is 0.540. The van der Waals surface area contributed by atoms with Crippen LogP contribution in [0.2, 0.25) is 0 Å². The summed E-state index contributed by atoms with van der Waals surface area (Å²) in [6, 6.07) is 17.4. The molecule has 0 amide bonds. The van der Waals surface area contributed by atoms with Crippen molar-refractivity contribution in [3.8, 4) is 17.1 Å². The number of imidazole rings is 1. The molecule has 3 aliphatic rings. The zero-order chi connectivity index (χ0) is 19.0. The first kappa shape index (κ1) is 15.5. The van der Waals surface area contributed by atoms with Crippen LogP contribution < -0.4 is 0 Å². The Bertz CT molecular complexity index is 1280. The average Bonchev–Trinajstić information content (AvgIpc) is 3.48. The fourth-order valence-corrected chi connectivity index (χ4v) is 4.77. The SMILES string of the molecule is c1ccc(C2=NCc3c(-c4cnco4)ncn3-c3ccc([C@]45C[C@H]4C5)cc32)cc1. The Kier molecular flexibility index (Phi) is 2.83. The molecule has 1 aliphatic heterocycles. The van der Waals surface area contributed by atoms with Gasteiger partial charge >= 0.3 is 0 Å². The van der Waals surface area contributed by atoms with Crippen LogP contribution in [0.25, 0.3) is 17.1 Å². The van der Waals surface area contributed by atoms with Crippen molar-refractivity contribution in [1.82, 2.24) is 14.5 Å². The monoisotopic (exact) mass is 378 g/mol. The fourth-order valence-electron chi connectivity index (χ4n) is 4.77. The predicted molar refractivity (Wildman–Crippen MR) is 109 cm³/mol. The second-order valence-electron chi connectivity index (χ2n) is 8.30. The number of aliphatic imine (C=N–C) groups is 1. The number of rotatable bonds is 3. The molecule has 0 bridgehead atoms. The summed E-state index contributed by atoms with van der Waals surface area (Å²) >= 11 is 0. The normalized spacial score (nSPS) is 23.4. The number of benzene rings is 2. The molecular formula is C24H18N4O. The van der Waals surface area contributed by atoms with E-state index in [9.17, 15) is 0 Å². The first-order valence-corrected chi connectivity index (χ1v) is 10.0. The molecule has 2 fully saturated rings. The Hall–Kier alpha value is -3.47. The topological polar surface area (TPSA) is 56.2 Å². The second-order valence-corrected chi connectivity index (χ2v) is 8.30. The molecule has 0 atom stereocenters. The van der Waals surface area contributed by atoms with E-state index in [1.807, 2.05) is 12.4 Å². The van der Waals surface area contributed by atoms with Crippen molar-refractivity contribution in [2.75, 3.05) is 0 Å². The molecule has 0 saturated heterocycles. The van der Waals surface area contributed by atoms with E-state index in [-0.39, 0.29) is 0 Å². The van der Waals surface area contributed by atoms with Gasteiger partial charge in [0.05, 0.1) is 29.8 Å². The van der Waals surface area contributed by atoms with Gasteiger partial charge < -0.3 is 4.42 Å². The number of aromatic nitrogens is 3. The molecule has 5 nitrogen and oxygen atoms in total. The van der Waals surface area contributed by atoms with E-state index in [0.717, 1.165) is 34.3 Å². The highest BCUT2D eigenvalue weighted by atomic mass is 16.3. The lowest BCUT2D eigenvalue weighted by Crippen LogP contribution is -2.09. The molecule has 5 heteroatoms. The van der Waals surface area contributed by atoms with Crippen molar-refractivity contribution in [3.63, 3.8) is 0 Å². The number of hydrogen-bond acceptors (Lipinski definition) is 4. The van der Waals surface area contributed by atoms with Crippen molar-refractivity contribution in [2.45, 2.75) is 24.8 Å². The van der Waals surface area contributed by atoms with Crippen molar-refractivity contribution >= 4 is 5.71 Å². The Morgan fingerprint density at radius 1 is 1.07 bits per heavy atom. The minimum Gasteiger partial charge on any atom is -0.442 e. The molecule has 0 radical (unpaired) electrons. The Labute approximate surface area is 167 Å². The minimum atomic E-state index is 0.464. The van der Waals surface area contributed by atoms with Crippen LogP contribution in [0.15, 0.2) is 76.9 Å². The van der Waals surface area contributed by atoms with Crippen LogP contribution in [0.1, 0.15) is 35.2 Å². The Morgan fingerprint density at radius 3 is 2.69 bits per heavy atom. The molecule has 4 aromatic rings. The summed E-state index contributed by atoms with van der Waals surface area (Å²) in [4.78, 5) is 13.8. The van der Waals surface area contributed by atoms with E-state index >= 15 is 0 Å². The largest absolute Gasteiger partial charge is 0.442 e. The zero-order valence-corrected chi connectivity index (χ0v) is 15.7. The third kappa shape index (κ3) is 2.13. The average molecular weight is 378 g/mol. The predicted octanol–water partition coefficient (Wildman–Crippen LogP) is 4.54. The summed E-state index contributed by atoms with van der Waals surface area (Å²) in [6.07, 6.45) is 7.71. The van der Waals surface area contributed by atoms with Crippen LogP contribution in [0.5, 0.6) is 0 Å². The molecule has 2 aliphatic carbocycles. The lowest BCUT2D eigenvalue weighted by Gasteiger charge is -2.15. The smallest absolute Gasteiger partial charge is 0.181 e. The van der Waals surface area contributed by atoms with Crippen LogP contribution >= 0.6 is 0 Å². The van der Waals surface area contributed by atoms with E-state index in [1.54, 1.807) is 6.20 Å². The summed E-state index contributed by atoms with van der Waals surface area (Å²) in [5, 5.41) is 0. The summed E-state index contributed by atoms with van der Waals surface area (Å²) in [5.74, 6) is 1.58. The summed E-state index contributed by atoms with van der Waals surface area (Å²) in [7, 11) is 0. The summed E-state index contributed by atoms with van der Waals surface area (Å²) in [5.41, 5.74) is 8.25. The van der Waals surface area contributed by atoms with Crippen molar-refractivity contribution in [1.29, 1.82) is 0 Å². The molecule has 0 spiro atoms. The van der Waals surface area contributed by atoms with Gasteiger partial charge in [-0.25, -0.2) is 9.97 Å². The first-order chi connectivity index (χ1) is 14.3. The maximum atomic E-state index is 5.53. The van der Waals surface area contributed by atoms with Gasteiger partial charge in [-0.1, -0.05) is 36.4 Å². The van der Waals surface area contributed by atoms with Crippen LogP contribution in [0, 0.1) is 5.92 Å². The van der Waals surface area contributed by atoms with Crippen LogP contribution in [0.4, 0.5) is 0 Å². The van der Waals surface area contributed by atoms with Gasteiger partial charge in [0.1, 0.15) is 12.0 Å². The Morgan fingerprint density at radius 2 is 1.93 bits per heavy atom. The van der Waals surface area contributed by atoms with Crippen LogP contribution in [0.3, 0.4) is 0 Å². The van der Waals surface area contributed by atoms with Crippen molar-refractivity contribution in [3.05, 3.63) is 89.8 Å². The van der Waals surface area contributed by atoms with Gasteiger partial charge in [-0.3, -0.25) is 9.56 Å². The highest BCUT2D eigenvalue weighted by molar-refractivity contribution is 6.15. The molecule has 2 aromatic carbocycles. The second kappa shape index (κ2) is 5.32. The fraction of sp³-hybridized carbons (Fsp3) is 0.208. The van der Waals surface area contributed by atoms with E-state index < -0.39 is 0 Å². The lowest BCUT2D eigenvalue weighted by molar-refractivity contribution is 0.569. The molecule has 140 valence electrons. The number of nitrogens with zero attached hydrogens (tertiary/aromatic N) is 4. The highest BCUT2D eigenvalue weighted by Crippen LogP contribution is 2.75. The van der Waals surface area contributed by atoms with E-state index in [4.69, 9.17) is 9.41 Å². The zero-order valence-electron chi connectivity index (χ0n) is 15.7. The highest BCUT2D eigenvalue weighted by Gasteiger charge is 2.70. The molecule has 29 heavy (non-hydrogen) atoms. The number of oxazole rings is 1. The van der Waals surface area contributed by atoms with Gasteiger partial charge in [-0.2, -0.15) is 0 Å². The molecule has 2 aromatic heterocycles. The number of hydrogen-bond donors (Lipinski definition) is 0. The maximum absolute atomic E-state index is 5.53. The molecular weight excluding hydrogens is 360 g/mol. The van der Waals surface area contributed by atoms with Crippen molar-refractivity contribution < 1.29 is 4.42 Å². The third-order valence-electron chi connectivity index (χ3n) is 6.73. The van der Waals surface area contributed by atoms with E-state index in [0.29, 0.717) is 17.7 Å². The number of fused-ring (bicyclic) bond motifs is 4. The summed E-state index contributed by atoms with van der Waals surface area (Å²) < 4.78 is 7.68. The lowest BCUT2D eigenvalue weighted by atomic mass is 9.94. The minimum absolute atomic E-state index is 0.464. The van der Waals surface area contributed by atoms with Gasteiger partial charge in [-0.15, -0.1) is 0 Å². The third-order valence-corrected chi connectivity index (χ3v) is 6.73. The standard InChI is InChI=1S/C24H18N4O/c1-2-4-15(5-3-1)22-18-8-16(24-9-17(24)10-24)6-7-19(18)28-13-27-23(20(28)11-26-22)21-12-25-14-29-21/h1-8,12-14,17H,9-11H2/t17-,24+. The van der Waals surface area contributed by atoms with Gasteiger partial charge in [0, 0.05) is 11.1 Å². The maximum Gasteiger partial charge on any atom is 0.181 e. The van der Waals surface area contributed by atoms with Crippen LogP contribution in [-0.4, -0.2) is 20.2 Å². The quantitative estimate of drug-likeness (QED) is 0.526. The van der Waals surface area contributed by atoms with E-state index in [1.165, 1.54) is 30.4 Å². The van der Waals surface area contributed by atoms with Crippen LogP contribution in [-0.2, 0) is 12.0 Å². The Balaban J connectivity index is 1.46. The molecule has 2 saturated carbocycles. The van der Waals surface area contributed by atoms with Gasteiger partial charge in [0.2, 0.25) is 0 Å². The molecule has 0 unspecified atom stereocenters. The van der Waals surface area contributed by atoms with Gasteiger partial charge in [-0.05, 0) is 41.9 Å². The molecule has 0 N–H and O–H groups in total.